The molecule has 1 aromatic carbocycles. The summed E-state index contributed by atoms with van der Waals surface area (Å²) in [6.07, 6.45) is 7.65. The Balaban J connectivity index is 2.01. The summed E-state index contributed by atoms with van der Waals surface area (Å²) >= 11 is 0. The minimum Gasteiger partial charge on any atom is -0.496 e. The van der Waals surface area contributed by atoms with Crippen molar-refractivity contribution in [1.82, 2.24) is 9.38 Å². The van der Waals surface area contributed by atoms with Crippen LogP contribution in [0.5, 0.6) is 11.5 Å². The number of nitrogens with zero attached hydrogens (tertiary/aromatic N) is 3. The van der Waals surface area contributed by atoms with Crippen molar-refractivity contribution >= 4 is 11.4 Å². The average Bonchev–Trinajstić information content (AvgIpc) is 3.37. The number of rotatable bonds is 14. The second-order valence-electron chi connectivity index (χ2n) is 10.5. The number of carbonyl (C=O) groups is 1. The minimum absolute atomic E-state index is 0.0871. The van der Waals surface area contributed by atoms with Crippen LogP contribution in [-0.4, -0.2) is 28.6 Å². The highest BCUT2D eigenvalue weighted by Gasteiger charge is 2.25. The van der Waals surface area contributed by atoms with Gasteiger partial charge in [-0.15, -0.1) is 6.58 Å². The Morgan fingerprint density at radius 2 is 1.97 bits per heavy atom. The molecule has 0 aliphatic rings. The highest BCUT2D eigenvalue weighted by atomic mass is 19.1. The molecule has 0 aliphatic carbocycles. The van der Waals surface area contributed by atoms with Gasteiger partial charge in [-0.2, -0.15) is 9.65 Å². The normalized spacial score (nSPS) is 13.8. The molecule has 39 heavy (non-hydrogen) atoms. The van der Waals surface area contributed by atoms with Crippen LogP contribution in [-0.2, 0) is 5.41 Å². The third-order valence-electron chi connectivity index (χ3n) is 7.23. The van der Waals surface area contributed by atoms with Crippen molar-refractivity contribution in [2.24, 2.45) is 11.8 Å². The second kappa shape index (κ2) is 12.8. The maximum atomic E-state index is 14.4. The number of hydrogen-bond donors (Lipinski definition) is 0. The van der Waals surface area contributed by atoms with E-state index in [4.69, 9.17) is 9.47 Å². The molecule has 0 spiro atoms. The first-order valence-electron chi connectivity index (χ1n) is 13.3. The maximum Gasteiger partial charge on any atom is 0.257 e. The zero-order chi connectivity index (χ0) is 28.7. The molecule has 0 saturated carbocycles. The lowest BCUT2D eigenvalue weighted by atomic mass is 9.87. The molecule has 0 bridgehead atoms. The maximum absolute atomic E-state index is 14.4. The minimum atomic E-state index is -1.80. The molecule has 2 aromatic heterocycles. The summed E-state index contributed by atoms with van der Waals surface area (Å²) in [5, 5.41) is 9.51. The zero-order valence-corrected chi connectivity index (χ0v) is 23.5. The van der Waals surface area contributed by atoms with Gasteiger partial charge >= 0.3 is 0 Å². The molecule has 0 fully saturated rings. The molecule has 0 saturated heterocycles. The molecule has 3 atom stereocenters. The first kappa shape index (κ1) is 29.6. The number of hydrogen-bond acceptors (Lipinski definition) is 5. The molecule has 0 aliphatic heterocycles. The number of ketones is 1. The number of methoxy groups -OCH3 is 1. The van der Waals surface area contributed by atoms with E-state index in [0.717, 1.165) is 24.5 Å². The Labute approximate surface area is 230 Å². The summed E-state index contributed by atoms with van der Waals surface area (Å²) in [6.45, 7) is 15.3. The number of alkyl halides is 1. The average molecular weight is 532 g/mol. The van der Waals surface area contributed by atoms with Crippen LogP contribution in [0, 0.1) is 23.2 Å². The number of carbonyl (C=O) groups excluding carboxylic acids is 1. The van der Waals surface area contributed by atoms with E-state index in [9.17, 15) is 14.4 Å². The van der Waals surface area contributed by atoms with Gasteiger partial charge in [-0.3, -0.25) is 9.20 Å². The SMILES string of the molecule is C=CC(CC)CC(C)CCC(=O)c1c(OC)cc(-c2cnc3cc(C(C)(C)C#N)ccn23)cc1OC(F)C=C. The van der Waals surface area contributed by atoms with Crippen LogP contribution in [0.2, 0.25) is 0 Å². The molecule has 3 unspecified atom stereocenters. The van der Waals surface area contributed by atoms with Crippen LogP contribution in [0.4, 0.5) is 4.39 Å². The molecule has 3 rings (SSSR count). The van der Waals surface area contributed by atoms with Crippen molar-refractivity contribution in [3.8, 4) is 28.8 Å². The van der Waals surface area contributed by atoms with Crippen LogP contribution < -0.4 is 9.47 Å². The lowest BCUT2D eigenvalue weighted by molar-refractivity contribution is 0.0936. The van der Waals surface area contributed by atoms with Crippen LogP contribution in [0.15, 0.2) is 62.0 Å². The predicted molar refractivity (Wildman–Crippen MR) is 153 cm³/mol. The van der Waals surface area contributed by atoms with E-state index in [2.05, 4.69) is 38.1 Å². The Morgan fingerprint density at radius 3 is 2.59 bits per heavy atom. The molecule has 3 aromatic rings. The lowest BCUT2D eigenvalue weighted by Gasteiger charge is -2.19. The summed E-state index contributed by atoms with van der Waals surface area (Å²) in [6, 6.07) is 9.42. The Hall–Kier alpha value is -3.92. The molecule has 6 nitrogen and oxygen atoms in total. The topological polar surface area (TPSA) is 76.6 Å². The van der Waals surface area contributed by atoms with E-state index < -0.39 is 11.8 Å². The highest BCUT2D eigenvalue weighted by Crippen LogP contribution is 2.38. The summed E-state index contributed by atoms with van der Waals surface area (Å²) < 4.78 is 27.4. The number of halogens is 1. The molecule has 2 heterocycles. The number of allylic oxidation sites excluding steroid dienone is 1. The molecule has 7 heteroatoms. The Kier molecular flexibility index (Phi) is 9.69. The van der Waals surface area contributed by atoms with Gasteiger partial charge in [0, 0.05) is 18.2 Å². The van der Waals surface area contributed by atoms with Gasteiger partial charge in [0.25, 0.3) is 6.36 Å². The van der Waals surface area contributed by atoms with Crippen molar-refractivity contribution in [3.63, 3.8) is 0 Å². The van der Waals surface area contributed by atoms with Crippen LogP contribution >= 0.6 is 0 Å². The third-order valence-corrected chi connectivity index (χ3v) is 7.23. The number of imidazole rings is 1. The van der Waals surface area contributed by atoms with E-state index >= 15 is 0 Å². The highest BCUT2D eigenvalue weighted by molar-refractivity contribution is 6.02. The summed E-state index contributed by atoms with van der Waals surface area (Å²) in [4.78, 5) is 18.0. The van der Waals surface area contributed by atoms with Crippen molar-refractivity contribution in [1.29, 1.82) is 5.26 Å². The van der Waals surface area contributed by atoms with Gasteiger partial charge in [-0.25, -0.2) is 4.98 Å². The first-order valence-corrected chi connectivity index (χ1v) is 13.3. The number of aromatic nitrogens is 2. The van der Waals surface area contributed by atoms with Crippen LogP contribution in [0.1, 0.15) is 69.3 Å². The van der Waals surface area contributed by atoms with E-state index in [1.807, 2.05) is 42.7 Å². The quantitative estimate of drug-likeness (QED) is 0.156. The molecular weight excluding hydrogens is 493 g/mol. The monoisotopic (exact) mass is 531 g/mol. The van der Waals surface area contributed by atoms with Crippen LogP contribution in [0.25, 0.3) is 16.9 Å². The van der Waals surface area contributed by atoms with E-state index in [-0.39, 0.29) is 23.5 Å². The molecule has 0 radical (unpaired) electrons. The Morgan fingerprint density at radius 1 is 1.26 bits per heavy atom. The molecule has 0 N–H and O–H groups in total. The Bertz CT molecular complexity index is 1390. The molecule has 0 amide bonds. The fourth-order valence-electron chi connectivity index (χ4n) is 4.65. The lowest BCUT2D eigenvalue weighted by Crippen LogP contribution is -2.14. The number of pyridine rings is 1. The fraction of sp³-hybridized carbons (Fsp3) is 0.406. The predicted octanol–water partition coefficient (Wildman–Crippen LogP) is 7.87. The number of Topliss-reactive ketones (excluding diaryl/α,β-unsaturated/α-hetero) is 1. The third kappa shape index (κ3) is 6.75. The number of fused-ring (bicyclic) bond motifs is 1. The largest absolute Gasteiger partial charge is 0.496 e. The first-order chi connectivity index (χ1) is 18.6. The van der Waals surface area contributed by atoms with Crippen molar-refractivity contribution in [3.05, 3.63) is 73.1 Å². The number of ether oxygens (including phenoxy) is 2. The zero-order valence-electron chi connectivity index (χ0n) is 23.5. The van der Waals surface area contributed by atoms with Gasteiger partial charge in [-0.05, 0) is 80.9 Å². The number of benzene rings is 1. The number of nitriles is 1. The summed E-state index contributed by atoms with van der Waals surface area (Å²) in [7, 11) is 1.48. The van der Waals surface area contributed by atoms with Gasteiger partial charge in [-0.1, -0.05) is 26.5 Å². The second-order valence-corrected chi connectivity index (χ2v) is 10.5. The van der Waals surface area contributed by atoms with E-state index in [1.165, 1.54) is 7.11 Å². The van der Waals surface area contributed by atoms with Crippen molar-refractivity contribution in [2.75, 3.05) is 7.11 Å². The standard InChI is InChI=1S/C32H38FN3O3/c1-8-22(9-2)15-21(4)11-12-26(37)31-27(38-7)16-23(17-28(31)39-29(33)10-3)25-19-35-30-18-24(13-14-36(25)30)32(5,6)20-34/h8,10,13-14,16-19,21-22,29H,1,3,9,11-12,15H2,2,4-7H3. The molecular formula is C32H38FN3O3. The van der Waals surface area contributed by atoms with Gasteiger partial charge in [0.1, 0.15) is 22.7 Å². The van der Waals surface area contributed by atoms with Crippen molar-refractivity contribution < 1.29 is 18.7 Å². The van der Waals surface area contributed by atoms with Gasteiger partial charge in [0.15, 0.2) is 5.78 Å². The molecule has 206 valence electrons. The fourth-order valence-corrected chi connectivity index (χ4v) is 4.65. The summed E-state index contributed by atoms with van der Waals surface area (Å²) in [5.74, 6) is 0.942. The van der Waals surface area contributed by atoms with E-state index in [1.54, 1.807) is 18.3 Å². The van der Waals surface area contributed by atoms with Gasteiger partial charge < -0.3 is 9.47 Å². The van der Waals surface area contributed by atoms with Gasteiger partial charge in [0.2, 0.25) is 0 Å². The van der Waals surface area contributed by atoms with Crippen LogP contribution in [0.3, 0.4) is 0 Å². The smallest absolute Gasteiger partial charge is 0.257 e. The van der Waals surface area contributed by atoms with Gasteiger partial charge in [0.05, 0.1) is 30.5 Å². The van der Waals surface area contributed by atoms with E-state index in [0.29, 0.717) is 40.9 Å². The van der Waals surface area contributed by atoms with Crippen molar-refractivity contribution in [2.45, 2.75) is 65.2 Å². The summed E-state index contributed by atoms with van der Waals surface area (Å²) in [5.41, 5.74) is 2.38.